The number of halogens is 7. The van der Waals surface area contributed by atoms with E-state index >= 15 is 8.78 Å². The Morgan fingerprint density at radius 3 is 2.48 bits per heavy atom. The topological polar surface area (TPSA) is 154 Å². The highest BCUT2D eigenvalue weighted by Gasteiger charge is 2.62. The van der Waals surface area contributed by atoms with Crippen LogP contribution < -0.4 is 16.4 Å². The van der Waals surface area contributed by atoms with Crippen molar-refractivity contribution in [2.75, 3.05) is 18.4 Å². The van der Waals surface area contributed by atoms with Gasteiger partial charge in [0.2, 0.25) is 5.91 Å². The number of fused-ring (bicyclic) bond motifs is 2. The van der Waals surface area contributed by atoms with Crippen molar-refractivity contribution in [2.24, 2.45) is 29.6 Å². The Balaban J connectivity index is 1.50. The molecule has 0 aliphatic heterocycles. The van der Waals surface area contributed by atoms with E-state index in [4.69, 9.17) is 22.3 Å². The smallest absolute Gasteiger partial charge is 0.292 e. The molecule has 2 aromatic carbocycles. The van der Waals surface area contributed by atoms with Crippen molar-refractivity contribution in [3.05, 3.63) is 87.3 Å². The molecule has 56 heavy (non-hydrogen) atoms. The lowest BCUT2D eigenvalue weighted by atomic mass is 9.73. The Morgan fingerprint density at radius 2 is 1.86 bits per heavy atom. The number of aliphatic imine (C=N–C) groups is 1. The van der Waals surface area contributed by atoms with Crippen molar-refractivity contribution >= 4 is 39.9 Å². The molecule has 0 spiro atoms. The normalized spacial score (nSPS) is 19.5. The maximum absolute atomic E-state index is 15.5. The zero-order valence-electron chi connectivity index (χ0n) is 30.2. The molecule has 2 aliphatic rings. The van der Waals surface area contributed by atoms with Gasteiger partial charge in [0.05, 0.1) is 39.4 Å². The van der Waals surface area contributed by atoms with Gasteiger partial charge >= 0.3 is 0 Å². The Labute approximate surface area is 322 Å². The largest absolute Gasteiger partial charge is 0.397 e. The monoisotopic (exact) mass is 796 g/mol. The number of allylic oxidation sites excluding steroid dienone is 2. The van der Waals surface area contributed by atoms with Crippen LogP contribution in [0.2, 0.25) is 5.02 Å². The Hall–Kier alpha value is -5.58. The molecule has 2 aromatic heterocycles. The van der Waals surface area contributed by atoms with E-state index in [2.05, 4.69) is 32.6 Å². The van der Waals surface area contributed by atoms with E-state index in [1.807, 2.05) is 6.07 Å². The maximum atomic E-state index is 15.5. The van der Waals surface area contributed by atoms with Gasteiger partial charge in [-0.3, -0.25) is 14.5 Å². The summed E-state index contributed by atoms with van der Waals surface area (Å²) in [5.41, 5.74) is 3.34. The zero-order chi connectivity index (χ0) is 40.7. The first-order chi connectivity index (χ1) is 26.4. The summed E-state index contributed by atoms with van der Waals surface area (Å²) in [6, 6.07) is 9.91. The lowest BCUT2D eigenvalue weighted by Gasteiger charge is -2.32. The van der Waals surface area contributed by atoms with Gasteiger partial charge in [-0.1, -0.05) is 23.6 Å². The minimum absolute atomic E-state index is 0.0703. The standard InChI is InChI=1S/C39H35ClF6N8O2/c1-38(2,56)11-10-22-4-5-23(24-7-9-27(40)31-34(24)54(3)53-37(31)49-13-12-47)33(51-22)28(16-19-14-20(41)17-21(42)15-19)52-29(55)18-50-35-30(32(48)36(43)44)25-6-8-26(25)39(35,45)46/h4-5,7,9,14-15,17,25-26,28,36,56H,6,8,13,16,18,48H2,1-3H3,(H,49,53)(H,52,55)/t25-,26+,28-/m0/s1. The van der Waals surface area contributed by atoms with Gasteiger partial charge in [0, 0.05) is 35.7 Å². The van der Waals surface area contributed by atoms with Crippen LogP contribution in [-0.2, 0) is 18.3 Å². The number of nitrogens with two attached hydrogens (primary N) is 1. The number of aromatic nitrogens is 3. The van der Waals surface area contributed by atoms with Crippen LogP contribution in [0.3, 0.4) is 0 Å². The summed E-state index contributed by atoms with van der Waals surface area (Å²) in [4.78, 5) is 22.3. The fraction of sp³-hybridized carbons (Fsp3) is 0.359. The first-order valence-corrected chi connectivity index (χ1v) is 17.7. The van der Waals surface area contributed by atoms with Crippen LogP contribution >= 0.6 is 11.6 Å². The molecule has 3 atom stereocenters. The van der Waals surface area contributed by atoms with E-state index in [0.29, 0.717) is 33.9 Å². The van der Waals surface area contributed by atoms with Crippen molar-refractivity contribution < 1.29 is 36.2 Å². The highest BCUT2D eigenvalue weighted by Crippen LogP contribution is 2.57. The van der Waals surface area contributed by atoms with Gasteiger partial charge in [0.15, 0.2) is 5.82 Å². The summed E-state index contributed by atoms with van der Waals surface area (Å²) >= 11 is 6.63. The molecule has 0 radical (unpaired) electrons. The van der Waals surface area contributed by atoms with Crippen LogP contribution in [0.15, 0.2) is 58.7 Å². The molecular formula is C39H35ClF6N8O2. The molecule has 17 heteroatoms. The Kier molecular flexibility index (Phi) is 11.1. The average Bonchev–Trinajstić information content (AvgIpc) is 3.50. The van der Waals surface area contributed by atoms with Gasteiger partial charge in [0.1, 0.15) is 41.7 Å². The van der Waals surface area contributed by atoms with Crippen LogP contribution in [0.1, 0.15) is 49.7 Å². The number of hydrogen-bond acceptors (Lipinski definition) is 8. The van der Waals surface area contributed by atoms with Crippen LogP contribution in [0.25, 0.3) is 22.0 Å². The van der Waals surface area contributed by atoms with Gasteiger partial charge in [-0.15, -0.1) is 0 Å². The number of carbonyl (C=O) groups excluding carboxylic acids is 1. The van der Waals surface area contributed by atoms with Crippen molar-refractivity contribution in [3.8, 4) is 29.0 Å². The highest BCUT2D eigenvalue weighted by molar-refractivity contribution is 6.37. The summed E-state index contributed by atoms with van der Waals surface area (Å²) in [7, 11) is 1.64. The molecule has 2 heterocycles. The molecule has 2 aliphatic carbocycles. The van der Waals surface area contributed by atoms with Gasteiger partial charge in [-0.05, 0) is 80.8 Å². The van der Waals surface area contributed by atoms with E-state index in [0.717, 1.165) is 12.1 Å². The summed E-state index contributed by atoms with van der Waals surface area (Å²) in [5.74, 6) is -2.82. The number of benzene rings is 2. The second-order valence-corrected chi connectivity index (χ2v) is 14.5. The number of aliphatic hydroxyl groups is 1. The second-order valence-electron chi connectivity index (χ2n) is 14.1. The molecule has 6 rings (SSSR count). The van der Waals surface area contributed by atoms with E-state index in [-0.39, 0.29) is 47.8 Å². The van der Waals surface area contributed by atoms with Crippen molar-refractivity contribution in [3.63, 3.8) is 0 Å². The van der Waals surface area contributed by atoms with Gasteiger partial charge in [-0.25, -0.2) is 22.5 Å². The third kappa shape index (κ3) is 8.03. The predicted octanol–water partition coefficient (Wildman–Crippen LogP) is 6.62. The van der Waals surface area contributed by atoms with E-state index in [1.165, 1.54) is 18.5 Å². The molecule has 0 unspecified atom stereocenters. The van der Waals surface area contributed by atoms with Crippen molar-refractivity contribution in [1.82, 2.24) is 20.1 Å². The fourth-order valence-electron chi connectivity index (χ4n) is 7.14. The third-order valence-electron chi connectivity index (χ3n) is 9.62. The molecule has 5 N–H and O–H groups in total. The highest BCUT2D eigenvalue weighted by atomic mass is 35.5. The van der Waals surface area contributed by atoms with Crippen LogP contribution in [0.4, 0.5) is 32.2 Å². The fourth-order valence-corrected chi connectivity index (χ4v) is 7.38. The summed E-state index contributed by atoms with van der Waals surface area (Å²) < 4.78 is 88.9. The summed E-state index contributed by atoms with van der Waals surface area (Å²) in [5, 5.41) is 30.3. The number of anilines is 1. The Bertz CT molecular complexity index is 2370. The predicted molar refractivity (Wildman–Crippen MR) is 198 cm³/mol. The number of nitrogens with zero attached hydrogens (tertiary/aromatic N) is 5. The number of nitriles is 1. The molecular weight excluding hydrogens is 762 g/mol. The SMILES string of the molecule is Cn1nc(NCC#N)c2c(Cl)ccc(-c3ccc(C#CC(C)(C)O)nc3[C@H](Cc3cc(F)cc(F)c3)NC(=O)CN=C3C(=C(N)C(F)F)[C@H]4CC[C@H]4C3(F)F)c21. The number of pyridine rings is 1. The van der Waals surface area contributed by atoms with Crippen LogP contribution in [-0.4, -0.2) is 62.5 Å². The minimum atomic E-state index is -3.61. The lowest BCUT2D eigenvalue weighted by molar-refractivity contribution is -0.120. The van der Waals surface area contributed by atoms with Gasteiger partial charge in [-0.2, -0.15) is 19.1 Å². The minimum Gasteiger partial charge on any atom is -0.397 e. The molecule has 2 fully saturated rings. The molecule has 292 valence electrons. The quantitative estimate of drug-likeness (QED) is 0.0800. The number of amides is 1. The zero-order valence-corrected chi connectivity index (χ0v) is 31.0. The van der Waals surface area contributed by atoms with Crippen LogP contribution in [0, 0.1) is 46.6 Å². The van der Waals surface area contributed by atoms with Gasteiger partial charge < -0.3 is 21.5 Å². The summed E-state index contributed by atoms with van der Waals surface area (Å²) in [6.45, 7) is 1.89. The van der Waals surface area contributed by atoms with Crippen molar-refractivity contribution in [2.45, 2.75) is 57.1 Å². The van der Waals surface area contributed by atoms with E-state index in [9.17, 15) is 32.7 Å². The van der Waals surface area contributed by atoms with Crippen molar-refractivity contribution in [1.29, 1.82) is 5.26 Å². The van der Waals surface area contributed by atoms with Crippen LogP contribution in [0.5, 0.6) is 0 Å². The number of alkyl halides is 4. The molecule has 1 amide bonds. The lowest BCUT2D eigenvalue weighted by Crippen LogP contribution is -2.37. The number of nitrogens with one attached hydrogen (secondary N) is 2. The third-order valence-corrected chi connectivity index (χ3v) is 9.93. The second kappa shape index (κ2) is 15.5. The van der Waals surface area contributed by atoms with E-state index < -0.39 is 76.9 Å². The number of hydrogen-bond donors (Lipinski definition) is 4. The Morgan fingerprint density at radius 1 is 1.16 bits per heavy atom. The van der Waals surface area contributed by atoms with E-state index in [1.54, 1.807) is 31.3 Å². The summed E-state index contributed by atoms with van der Waals surface area (Å²) in [6.07, 6.45) is -3.23. The number of aryl methyl sites for hydroxylation is 1. The molecule has 4 aromatic rings. The first kappa shape index (κ1) is 40.1. The molecule has 0 bridgehead atoms. The average molecular weight is 797 g/mol. The maximum Gasteiger partial charge on any atom is 0.292 e. The molecule has 10 nitrogen and oxygen atoms in total. The first-order valence-electron chi connectivity index (χ1n) is 17.4. The molecule has 0 saturated heterocycles. The van der Waals surface area contributed by atoms with Gasteiger partial charge in [0.25, 0.3) is 12.3 Å². The molecule has 2 saturated carbocycles. The number of rotatable bonds is 10. The number of carbonyl (C=O) groups is 1.